The standard InChI is InChI=1S/C14H19BrN2O2/c1-4-5-12(16)14(18)17-9(2)10-6-7-13(19-3)11(15)8-10/h4,6-9,12H,1,5,16H2,2-3H3,(H,17,18). The van der Waals surface area contributed by atoms with E-state index >= 15 is 0 Å². The van der Waals surface area contributed by atoms with E-state index in [0.717, 1.165) is 15.8 Å². The molecule has 5 heteroatoms. The fourth-order valence-corrected chi connectivity index (χ4v) is 2.20. The van der Waals surface area contributed by atoms with Gasteiger partial charge in [-0.15, -0.1) is 6.58 Å². The first-order valence-electron chi connectivity index (χ1n) is 5.99. The second-order valence-corrected chi connectivity index (χ2v) is 5.11. The molecule has 4 nitrogen and oxygen atoms in total. The Labute approximate surface area is 122 Å². The molecule has 0 aliphatic heterocycles. The summed E-state index contributed by atoms with van der Waals surface area (Å²) in [5, 5.41) is 2.87. The van der Waals surface area contributed by atoms with Gasteiger partial charge in [-0.3, -0.25) is 4.79 Å². The van der Waals surface area contributed by atoms with Crippen molar-refractivity contribution in [3.8, 4) is 5.75 Å². The van der Waals surface area contributed by atoms with Gasteiger partial charge in [0.15, 0.2) is 0 Å². The van der Waals surface area contributed by atoms with Crippen LogP contribution in [0.1, 0.15) is 24.9 Å². The first kappa shape index (κ1) is 15.7. The van der Waals surface area contributed by atoms with Gasteiger partial charge >= 0.3 is 0 Å². The summed E-state index contributed by atoms with van der Waals surface area (Å²) in [4.78, 5) is 11.8. The van der Waals surface area contributed by atoms with E-state index in [-0.39, 0.29) is 11.9 Å². The molecule has 0 saturated carbocycles. The number of nitrogens with one attached hydrogen (secondary N) is 1. The molecule has 0 heterocycles. The molecule has 1 amide bonds. The van der Waals surface area contributed by atoms with Gasteiger partial charge in [-0.1, -0.05) is 12.1 Å². The lowest BCUT2D eigenvalue weighted by atomic mass is 10.1. The third kappa shape index (κ3) is 4.36. The molecular formula is C14H19BrN2O2. The molecule has 19 heavy (non-hydrogen) atoms. The Kier molecular flexibility index (Phi) is 6.05. The predicted molar refractivity (Wildman–Crippen MR) is 80.0 cm³/mol. The summed E-state index contributed by atoms with van der Waals surface area (Å²) in [5.41, 5.74) is 6.70. The van der Waals surface area contributed by atoms with Crippen LogP contribution in [0.15, 0.2) is 35.3 Å². The molecule has 0 fully saturated rings. The molecule has 2 atom stereocenters. The number of nitrogens with two attached hydrogens (primary N) is 1. The van der Waals surface area contributed by atoms with Crippen LogP contribution in [0, 0.1) is 0 Å². The minimum Gasteiger partial charge on any atom is -0.496 e. The summed E-state index contributed by atoms with van der Waals surface area (Å²) in [5.74, 6) is 0.574. The lowest BCUT2D eigenvalue weighted by Gasteiger charge is -2.18. The Morgan fingerprint density at radius 2 is 2.32 bits per heavy atom. The van der Waals surface area contributed by atoms with Crippen LogP contribution in [0.5, 0.6) is 5.75 Å². The highest BCUT2D eigenvalue weighted by atomic mass is 79.9. The summed E-state index contributed by atoms with van der Waals surface area (Å²) in [6.07, 6.45) is 2.10. The Hall–Kier alpha value is -1.33. The number of carbonyl (C=O) groups is 1. The lowest BCUT2D eigenvalue weighted by Crippen LogP contribution is -2.41. The van der Waals surface area contributed by atoms with Crippen molar-refractivity contribution in [2.75, 3.05) is 7.11 Å². The Bertz CT molecular complexity index is 463. The SMILES string of the molecule is C=CCC(N)C(=O)NC(C)c1ccc(OC)c(Br)c1. The van der Waals surface area contributed by atoms with Gasteiger partial charge < -0.3 is 15.8 Å². The van der Waals surface area contributed by atoms with E-state index < -0.39 is 6.04 Å². The topological polar surface area (TPSA) is 64.4 Å². The molecule has 0 aliphatic rings. The van der Waals surface area contributed by atoms with E-state index in [1.54, 1.807) is 13.2 Å². The molecule has 0 radical (unpaired) electrons. The van der Waals surface area contributed by atoms with Crippen molar-refractivity contribution in [1.29, 1.82) is 0 Å². The molecule has 0 aliphatic carbocycles. The first-order valence-corrected chi connectivity index (χ1v) is 6.79. The van der Waals surface area contributed by atoms with Crippen LogP contribution >= 0.6 is 15.9 Å². The number of amides is 1. The lowest BCUT2D eigenvalue weighted by molar-refractivity contribution is -0.122. The monoisotopic (exact) mass is 326 g/mol. The number of hydrogen-bond donors (Lipinski definition) is 2. The van der Waals surface area contributed by atoms with Crippen molar-refractivity contribution in [3.63, 3.8) is 0 Å². The average Bonchev–Trinajstić information content (AvgIpc) is 2.38. The van der Waals surface area contributed by atoms with E-state index in [4.69, 9.17) is 10.5 Å². The van der Waals surface area contributed by atoms with Gasteiger partial charge in [-0.25, -0.2) is 0 Å². The molecule has 2 unspecified atom stereocenters. The Balaban J connectivity index is 2.72. The van der Waals surface area contributed by atoms with Crippen molar-refractivity contribution in [3.05, 3.63) is 40.9 Å². The predicted octanol–water partition coefficient (Wildman–Crippen LogP) is 2.54. The largest absolute Gasteiger partial charge is 0.496 e. The van der Waals surface area contributed by atoms with Crippen LogP contribution in [0.4, 0.5) is 0 Å². The van der Waals surface area contributed by atoms with Crippen LogP contribution in [-0.2, 0) is 4.79 Å². The molecule has 0 spiro atoms. The summed E-state index contributed by atoms with van der Waals surface area (Å²) >= 11 is 3.42. The van der Waals surface area contributed by atoms with E-state index in [1.807, 2.05) is 25.1 Å². The first-order chi connectivity index (χ1) is 8.99. The summed E-state index contributed by atoms with van der Waals surface area (Å²) in [6, 6.07) is 5.01. The van der Waals surface area contributed by atoms with Gasteiger partial charge in [0.25, 0.3) is 0 Å². The van der Waals surface area contributed by atoms with Crippen molar-refractivity contribution >= 4 is 21.8 Å². The van der Waals surface area contributed by atoms with E-state index in [1.165, 1.54) is 0 Å². The zero-order chi connectivity index (χ0) is 14.4. The highest BCUT2D eigenvalue weighted by Crippen LogP contribution is 2.27. The highest BCUT2D eigenvalue weighted by Gasteiger charge is 2.16. The second-order valence-electron chi connectivity index (χ2n) is 4.26. The zero-order valence-corrected chi connectivity index (χ0v) is 12.7. The summed E-state index contributed by atoms with van der Waals surface area (Å²) < 4.78 is 6.02. The molecule has 104 valence electrons. The second kappa shape index (κ2) is 7.31. The third-order valence-electron chi connectivity index (χ3n) is 2.79. The highest BCUT2D eigenvalue weighted by molar-refractivity contribution is 9.10. The van der Waals surface area contributed by atoms with Gasteiger partial charge in [0.05, 0.1) is 23.7 Å². The smallest absolute Gasteiger partial charge is 0.237 e. The van der Waals surface area contributed by atoms with Crippen LogP contribution in [-0.4, -0.2) is 19.1 Å². The maximum absolute atomic E-state index is 11.8. The van der Waals surface area contributed by atoms with Crippen molar-refractivity contribution in [1.82, 2.24) is 5.32 Å². The van der Waals surface area contributed by atoms with Gasteiger partial charge in [0.2, 0.25) is 5.91 Å². The third-order valence-corrected chi connectivity index (χ3v) is 3.41. The average molecular weight is 327 g/mol. The normalized spacial score (nSPS) is 13.5. The summed E-state index contributed by atoms with van der Waals surface area (Å²) in [6.45, 7) is 5.48. The molecule has 0 saturated heterocycles. The van der Waals surface area contributed by atoms with Gasteiger partial charge in [-0.05, 0) is 47.0 Å². The fraction of sp³-hybridized carbons (Fsp3) is 0.357. The molecule has 1 aromatic rings. The van der Waals surface area contributed by atoms with Crippen LogP contribution in [0.2, 0.25) is 0 Å². The number of halogens is 1. The molecule has 1 aromatic carbocycles. The molecular weight excluding hydrogens is 308 g/mol. The van der Waals surface area contributed by atoms with Gasteiger partial charge in [0.1, 0.15) is 5.75 Å². The zero-order valence-electron chi connectivity index (χ0n) is 11.2. The number of rotatable bonds is 6. The van der Waals surface area contributed by atoms with E-state index in [9.17, 15) is 4.79 Å². The van der Waals surface area contributed by atoms with E-state index in [2.05, 4.69) is 27.8 Å². The Morgan fingerprint density at radius 1 is 1.63 bits per heavy atom. The number of benzene rings is 1. The van der Waals surface area contributed by atoms with Gasteiger partial charge in [0, 0.05) is 0 Å². The van der Waals surface area contributed by atoms with Crippen LogP contribution in [0.3, 0.4) is 0 Å². The molecule has 0 aromatic heterocycles. The quantitative estimate of drug-likeness (QED) is 0.789. The van der Waals surface area contributed by atoms with Crippen molar-refractivity contribution < 1.29 is 9.53 Å². The Morgan fingerprint density at radius 3 is 2.84 bits per heavy atom. The maximum atomic E-state index is 11.8. The summed E-state index contributed by atoms with van der Waals surface area (Å²) in [7, 11) is 1.61. The number of methoxy groups -OCH3 is 1. The molecule has 3 N–H and O–H groups in total. The van der Waals surface area contributed by atoms with Crippen molar-refractivity contribution in [2.45, 2.75) is 25.4 Å². The fourth-order valence-electron chi connectivity index (χ4n) is 1.64. The minimum absolute atomic E-state index is 0.120. The van der Waals surface area contributed by atoms with E-state index in [0.29, 0.717) is 6.42 Å². The number of hydrogen-bond acceptors (Lipinski definition) is 3. The van der Waals surface area contributed by atoms with Crippen LogP contribution in [0.25, 0.3) is 0 Å². The van der Waals surface area contributed by atoms with Crippen LogP contribution < -0.4 is 15.8 Å². The number of ether oxygens (including phenoxy) is 1. The van der Waals surface area contributed by atoms with Crippen molar-refractivity contribution in [2.24, 2.45) is 5.73 Å². The number of carbonyl (C=O) groups excluding carboxylic acids is 1. The van der Waals surface area contributed by atoms with Gasteiger partial charge in [-0.2, -0.15) is 0 Å². The maximum Gasteiger partial charge on any atom is 0.237 e. The molecule has 0 bridgehead atoms. The minimum atomic E-state index is -0.554. The molecule has 1 rings (SSSR count).